The van der Waals surface area contributed by atoms with Crippen LogP contribution in [0.5, 0.6) is 0 Å². The summed E-state index contributed by atoms with van der Waals surface area (Å²) in [5.74, 6) is -0.277. The van der Waals surface area contributed by atoms with Gasteiger partial charge in [0.1, 0.15) is 0 Å². The highest BCUT2D eigenvalue weighted by atomic mass is 32.2. The third-order valence-corrected chi connectivity index (χ3v) is 5.43. The number of hydrogen-bond donors (Lipinski definition) is 0. The number of nitrogens with zero attached hydrogens (tertiary/aromatic N) is 2. The van der Waals surface area contributed by atoms with Gasteiger partial charge >= 0.3 is 0 Å². The van der Waals surface area contributed by atoms with E-state index < -0.39 is 10.0 Å². The summed E-state index contributed by atoms with van der Waals surface area (Å²) in [5.41, 5.74) is 0. The second-order valence-corrected chi connectivity index (χ2v) is 6.91. The Kier molecular flexibility index (Phi) is 4.48. The van der Waals surface area contributed by atoms with E-state index in [1.807, 2.05) is 0 Å². The van der Waals surface area contributed by atoms with Gasteiger partial charge in [0.05, 0.1) is 26.4 Å². The Balaban J connectivity index is 1.76. The summed E-state index contributed by atoms with van der Waals surface area (Å²) in [6.45, 7) is 3.21. The molecule has 0 aliphatic carbocycles. The molecule has 2 aliphatic heterocycles. The van der Waals surface area contributed by atoms with E-state index in [4.69, 9.17) is 13.9 Å². The number of carbonyl (C=O) groups is 1. The van der Waals surface area contributed by atoms with Crippen LogP contribution in [0.1, 0.15) is 10.6 Å². The molecule has 0 bridgehead atoms. The van der Waals surface area contributed by atoms with Crippen molar-refractivity contribution in [2.45, 2.75) is 5.09 Å². The lowest BCUT2D eigenvalue weighted by Crippen LogP contribution is -2.41. The Morgan fingerprint density at radius 2 is 1.55 bits per heavy atom. The molecular formula is C13H18N2O6S. The van der Waals surface area contributed by atoms with E-state index in [-0.39, 0.29) is 29.8 Å². The lowest BCUT2D eigenvalue weighted by molar-refractivity contribution is 0.0279. The number of amides is 1. The molecule has 1 amide bonds. The van der Waals surface area contributed by atoms with Gasteiger partial charge in [-0.15, -0.1) is 0 Å². The summed E-state index contributed by atoms with van der Waals surface area (Å²) in [4.78, 5) is 13.9. The predicted molar refractivity (Wildman–Crippen MR) is 75.0 cm³/mol. The second-order valence-electron chi connectivity index (χ2n) is 5.04. The van der Waals surface area contributed by atoms with Crippen molar-refractivity contribution in [1.82, 2.24) is 9.21 Å². The topological polar surface area (TPSA) is 89.3 Å². The first-order valence-electron chi connectivity index (χ1n) is 7.14. The van der Waals surface area contributed by atoms with E-state index in [1.54, 1.807) is 4.90 Å². The van der Waals surface area contributed by atoms with Gasteiger partial charge in [-0.05, 0) is 12.1 Å². The minimum Gasteiger partial charge on any atom is -0.438 e. The molecule has 122 valence electrons. The summed E-state index contributed by atoms with van der Waals surface area (Å²) in [7, 11) is -3.71. The largest absolute Gasteiger partial charge is 0.438 e. The minimum atomic E-state index is -3.71. The maximum absolute atomic E-state index is 12.4. The Labute approximate surface area is 128 Å². The standard InChI is InChI=1S/C13H18N2O6S/c16-13(14-3-7-19-8-4-14)11-1-2-12(21-11)22(17,18)15-5-9-20-10-6-15/h1-2H,3-10H2. The maximum atomic E-state index is 12.4. The van der Waals surface area contributed by atoms with E-state index in [0.717, 1.165) is 0 Å². The second kappa shape index (κ2) is 6.37. The highest BCUT2D eigenvalue weighted by molar-refractivity contribution is 7.89. The fourth-order valence-corrected chi connectivity index (χ4v) is 3.73. The van der Waals surface area contributed by atoms with E-state index in [2.05, 4.69) is 0 Å². The summed E-state index contributed by atoms with van der Waals surface area (Å²) in [6, 6.07) is 2.74. The molecule has 0 radical (unpaired) electrons. The molecule has 2 saturated heterocycles. The van der Waals surface area contributed by atoms with Gasteiger partial charge in [-0.2, -0.15) is 4.31 Å². The van der Waals surface area contributed by atoms with Crippen molar-refractivity contribution in [2.75, 3.05) is 52.6 Å². The van der Waals surface area contributed by atoms with Gasteiger partial charge in [0.2, 0.25) is 5.09 Å². The number of morpholine rings is 2. The molecule has 0 spiro atoms. The van der Waals surface area contributed by atoms with Crippen LogP contribution in [-0.2, 0) is 19.5 Å². The third kappa shape index (κ3) is 3.02. The van der Waals surface area contributed by atoms with E-state index in [9.17, 15) is 13.2 Å². The fraction of sp³-hybridized carbons (Fsp3) is 0.615. The molecule has 2 fully saturated rings. The molecule has 0 N–H and O–H groups in total. The highest BCUT2D eigenvalue weighted by Crippen LogP contribution is 2.21. The van der Waals surface area contributed by atoms with E-state index in [0.29, 0.717) is 39.5 Å². The zero-order chi connectivity index (χ0) is 15.6. The molecule has 0 atom stereocenters. The zero-order valence-electron chi connectivity index (χ0n) is 12.1. The van der Waals surface area contributed by atoms with Gasteiger partial charge in [-0.1, -0.05) is 0 Å². The average Bonchev–Trinajstić information content (AvgIpc) is 3.06. The number of furan rings is 1. The van der Waals surface area contributed by atoms with Gasteiger partial charge in [-0.3, -0.25) is 4.79 Å². The molecular weight excluding hydrogens is 312 g/mol. The molecule has 1 aromatic heterocycles. The Bertz CT molecular complexity index is 629. The number of ether oxygens (including phenoxy) is 2. The van der Waals surface area contributed by atoms with Crippen molar-refractivity contribution in [3.63, 3.8) is 0 Å². The molecule has 0 unspecified atom stereocenters. The van der Waals surface area contributed by atoms with Gasteiger partial charge in [0, 0.05) is 26.2 Å². The van der Waals surface area contributed by atoms with Crippen molar-refractivity contribution < 1.29 is 27.1 Å². The summed E-state index contributed by atoms with van der Waals surface area (Å²) in [6.07, 6.45) is 0. The Morgan fingerprint density at radius 1 is 0.955 bits per heavy atom. The van der Waals surface area contributed by atoms with Gasteiger partial charge in [0.15, 0.2) is 5.76 Å². The first kappa shape index (κ1) is 15.5. The summed E-state index contributed by atoms with van der Waals surface area (Å²) < 4.78 is 41.8. The normalized spacial score (nSPS) is 21.0. The molecule has 9 heteroatoms. The van der Waals surface area contributed by atoms with Crippen molar-refractivity contribution in [1.29, 1.82) is 0 Å². The molecule has 1 aromatic rings. The van der Waals surface area contributed by atoms with Crippen LogP contribution in [0.3, 0.4) is 0 Å². The maximum Gasteiger partial charge on any atom is 0.289 e. The fourth-order valence-electron chi connectivity index (χ4n) is 2.41. The molecule has 22 heavy (non-hydrogen) atoms. The number of rotatable bonds is 3. The van der Waals surface area contributed by atoms with Gasteiger partial charge in [0.25, 0.3) is 15.9 Å². The lowest BCUT2D eigenvalue weighted by atomic mass is 10.3. The quantitative estimate of drug-likeness (QED) is 0.761. The smallest absolute Gasteiger partial charge is 0.289 e. The van der Waals surface area contributed by atoms with E-state index in [1.165, 1.54) is 16.4 Å². The molecule has 0 aromatic carbocycles. The van der Waals surface area contributed by atoms with Crippen molar-refractivity contribution in [3.8, 4) is 0 Å². The van der Waals surface area contributed by atoms with Crippen molar-refractivity contribution in [3.05, 3.63) is 17.9 Å². The number of hydrogen-bond acceptors (Lipinski definition) is 6. The Morgan fingerprint density at radius 3 is 2.18 bits per heavy atom. The summed E-state index contributed by atoms with van der Waals surface area (Å²) in [5, 5.41) is -0.203. The van der Waals surface area contributed by atoms with Crippen LogP contribution in [0.25, 0.3) is 0 Å². The third-order valence-electron chi connectivity index (χ3n) is 3.65. The van der Waals surface area contributed by atoms with Crippen LogP contribution in [0.2, 0.25) is 0 Å². The molecule has 3 heterocycles. The molecule has 3 rings (SSSR count). The number of carbonyl (C=O) groups excluding carboxylic acids is 1. The molecule has 0 saturated carbocycles. The number of sulfonamides is 1. The Hall–Kier alpha value is -1.42. The average molecular weight is 330 g/mol. The lowest BCUT2D eigenvalue weighted by Gasteiger charge is -2.26. The van der Waals surface area contributed by atoms with Crippen molar-refractivity contribution in [2.24, 2.45) is 0 Å². The summed E-state index contributed by atoms with van der Waals surface area (Å²) >= 11 is 0. The van der Waals surface area contributed by atoms with Crippen LogP contribution in [-0.4, -0.2) is 76.1 Å². The van der Waals surface area contributed by atoms with Gasteiger partial charge < -0.3 is 18.8 Å². The van der Waals surface area contributed by atoms with Crippen molar-refractivity contribution >= 4 is 15.9 Å². The first-order chi connectivity index (χ1) is 10.6. The highest BCUT2D eigenvalue weighted by Gasteiger charge is 2.31. The zero-order valence-corrected chi connectivity index (χ0v) is 12.9. The predicted octanol–water partition coefficient (Wildman–Crippen LogP) is -0.227. The SMILES string of the molecule is O=C(c1ccc(S(=O)(=O)N2CCOCC2)o1)N1CCOCC1. The first-order valence-corrected chi connectivity index (χ1v) is 8.58. The van der Waals surface area contributed by atoms with Crippen LogP contribution in [0, 0.1) is 0 Å². The van der Waals surface area contributed by atoms with Gasteiger partial charge in [-0.25, -0.2) is 8.42 Å². The molecule has 8 nitrogen and oxygen atoms in total. The van der Waals surface area contributed by atoms with Crippen LogP contribution >= 0.6 is 0 Å². The minimum absolute atomic E-state index is 0.0359. The van der Waals surface area contributed by atoms with Crippen LogP contribution < -0.4 is 0 Å². The molecule has 2 aliphatic rings. The van der Waals surface area contributed by atoms with Crippen LogP contribution in [0.15, 0.2) is 21.6 Å². The van der Waals surface area contributed by atoms with E-state index >= 15 is 0 Å². The monoisotopic (exact) mass is 330 g/mol. The van der Waals surface area contributed by atoms with Crippen LogP contribution in [0.4, 0.5) is 0 Å².